The van der Waals surface area contributed by atoms with Gasteiger partial charge in [0.2, 0.25) is 0 Å². The minimum absolute atomic E-state index is 0.595. The molecule has 0 saturated heterocycles. The van der Waals surface area contributed by atoms with Crippen molar-refractivity contribution in [1.29, 1.82) is 0 Å². The fourth-order valence-corrected chi connectivity index (χ4v) is 3.76. The van der Waals surface area contributed by atoms with Crippen LogP contribution in [0.1, 0.15) is 139 Å². The molecule has 3 unspecified atom stereocenters. The van der Waals surface area contributed by atoms with Gasteiger partial charge in [0.1, 0.15) is 0 Å². The molecule has 0 saturated carbocycles. The molecule has 1 aromatic rings. The summed E-state index contributed by atoms with van der Waals surface area (Å²) in [5, 5.41) is 0. The van der Waals surface area contributed by atoms with E-state index in [0.29, 0.717) is 23.7 Å². The topological polar surface area (TPSA) is 0 Å². The zero-order chi connectivity index (χ0) is 31.5. The van der Waals surface area contributed by atoms with Crippen molar-refractivity contribution in [2.24, 2.45) is 23.7 Å². The van der Waals surface area contributed by atoms with Crippen LogP contribution in [0.4, 0.5) is 0 Å². The Hall–Kier alpha value is -2.08. The van der Waals surface area contributed by atoms with E-state index in [-0.39, 0.29) is 0 Å². The van der Waals surface area contributed by atoms with E-state index in [0.717, 1.165) is 12.8 Å². The van der Waals surface area contributed by atoms with Gasteiger partial charge in [-0.05, 0) is 80.4 Å². The van der Waals surface area contributed by atoms with E-state index in [1.54, 1.807) is 0 Å². The Balaban J connectivity index is -0.000000468. The van der Waals surface area contributed by atoms with E-state index >= 15 is 0 Å². The van der Waals surface area contributed by atoms with Crippen molar-refractivity contribution in [3.05, 3.63) is 90.6 Å². The first-order chi connectivity index (χ1) is 19.0. The molecule has 0 heterocycles. The molecule has 1 aliphatic rings. The molecule has 0 bridgehead atoms. The van der Waals surface area contributed by atoms with Crippen molar-refractivity contribution in [2.75, 3.05) is 0 Å². The number of benzene rings is 1. The Morgan fingerprint density at radius 1 is 0.875 bits per heavy atom. The first-order valence-corrected chi connectivity index (χ1v) is 16.4. The molecule has 2 rings (SSSR count). The Morgan fingerprint density at radius 3 is 1.73 bits per heavy atom. The predicted molar refractivity (Wildman–Crippen MR) is 190 cm³/mol. The van der Waals surface area contributed by atoms with Gasteiger partial charge in [0.25, 0.3) is 0 Å². The van der Waals surface area contributed by atoms with E-state index in [1.807, 2.05) is 20.8 Å². The summed E-state index contributed by atoms with van der Waals surface area (Å²) in [5.41, 5.74) is 6.43. The maximum Gasteiger partial charge on any atom is -0.00228 e. The molecular formula is C40H70. The Morgan fingerprint density at radius 2 is 1.38 bits per heavy atom. The van der Waals surface area contributed by atoms with Gasteiger partial charge in [-0.25, -0.2) is 0 Å². The van der Waals surface area contributed by atoms with Crippen molar-refractivity contribution in [3.63, 3.8) is 0 Å². The van der Waals surface area contributed by atoms with E-state index in [4.69, 9.17) is 0 Å². The van der Waals surface area contributed by atoms with Crippen LogP contribution in [0, 0.1) is 23.7 Å². The highest BCUT2D eigenvalue weighted by molar-refractivity contribution is 5.63. The number of hydrogen-bond donors (Lipinski definition) is 0. The summed E-state index contributed by atoms with van der Waals surface area (Å²) >= 11 is 0. The van der Waals surface area contributed by atoms with Gasteiger partial charge in [-0.2, -0.15) is 0 Å². The molecule has 1 aromatic carbocycles. The standard InChI is InChI=1S/C13H20.C12H16.C7H16.C6H12.C2H6/c1-5-6-13-9-12(10(2)3)8-7-11(13)4;1-4-10(3)12-8-6-11(5-2)7-9-12;1-3-5-7-6-4-2;1-5(2)6(3)4;1-2/h5-8,11-13H,2,9H2,1,3-4H3;6-9H,3-5H2,1-2H3;3-7H2,1-2H3;6H,1H2,2-4H3;1-2H3/b6-5-;;;;. The number of hydrogen-bond acceptors (Lipinski definition) is 0. The molecule has 1 aliphatic carbocycles. The number of rotatable bonds is 10. The minimum Gasteiger partial charge on any atom is -0.0999 e. The van der Waals surface area contributed by atoms with Crippen LogP contribution in [0.25, 0.3) is 5.57 Å². The number of aryl methyl sites for hydroxylation is 1. The van der Waals surface area contributed by atoms with Crippen molar-refractivity contribution in [2.45, 2.75) is 134 Å². The molecule has 0 radical (unpaired) electrons. The molecular weight excluding hydrogens is 480 g/mol. The summed E-state index contributed by atoms with van der Waals surface area (Å²) in [6.07, 6.45) is 19.5. The lowest BCUT2D eigenvalue weighted by molar-refractivity contribution is 0.412. The maximum atomic E-state index is 4.02. The fraction of sp³-hybridized carbons (Fsp3) is 0.600. The van der Waals surface area contributed by atoms with Crippen molar-refractivity contribution >= 4 is 5.57 Å². The lowest BCUT2D eigenvalue weighted by atomic mass is 9.77. The molecule has 0 aromatic heterocycles. The largest absolute Gasteiger partial charge is 0.0999 e. The van der Waals surface area contributed by atoms with Gasteiger partial charge in [-0.3, -0.25) is 0 Å². The highest BCUT2D eigenvalue weighted by atomic mass is 14.3. The smallest absolute Gasteiger partial charge is 0.00228 e. The van der Waals surface area contributed by atoms with Gasteiger partial charge >= 0.3 is 0 Å². The lowest BCUT2D eigenvalue weighted by Crippen LogP contribution is -2.17. The van der Waals surface area contributed by atoms with Gasteiger partial charge < -0.3 is 0 Å². The van der Waals surface area contributed by atoms with Crippen LogP contribution in [0.3, 0.4) is 0 Å². The highest BCUT2D eigenvalue weighted by Crippen LogP contribution is 2.32. The average Bonchev–Trinajstić information content (AvgIpc) is 2.96. The van der Waals surface area contributed by atoms with Crippen LogP contribution in [-0.2, 0) is 6.42 Å². The number of allylic oxidation sites excluding steroid dienone is 7. The Kier molecular flexibility index (Phi) is 30.1. The maximum absolute atomic E-state index is 4.02. The lowest BCUT2D eigenvalue weighted by Gasteiger charge is -2.27. The second-order valence-corrected chi connectivity index (χ2v) is 11.2. The second-order valence-electron chi connectivity index (χ2n) is 11.2. The Labute approximate surface area is 253 Å². The van der Waals surface area contributed by atoms with E-state index < -0.39 is 0 Å². The summed E-state index contributed by atoms with van der Waals surface area (Å²) < 4.78 is 0. The predicted octanol–water partition coefficient (Wildman–Crippen LogP) is 13.9. The zero-order valence-corrected chi connectivity index (χ0v) is 29.2. The van der Waals surface area contributed by atoms with Crippen LogP contribution in [0.5, 0.6) is 0 Å². The summed E-state index contributed by atoms with van der Waals surface area (Å²) in [7, 11) is 0. The molecule has 40 heavy (non-hydrogen) atoms. The second kappa shape index (κ2) is 28.4. The SMILES string of the molecule is C=C(C)C(C)C.C=C(C)C1C=CC(C)C(/C=C\C)C1.C=C(CC)c1ccc(CC)cc1.CC.CCCCCCC. The zero-order valence-electron chi connectivity index (χ0n) is 29.2. The van der Waals surface area contributed by atoms with Crippen LogP contribution >= 0.6 is 0 Å². The van der Waals surface area contributed by atoms with Gasteiger partial charge in [0.15, 0.2) is 0 Å². The van der Waals surface area contributed by atoms with Crippen molar-refractivity contribution in [3.8, 4) is 0 Å². The summed E-state index contributed by atoms with van der Waals surface area (Å²) in [5.74, 6) is 2.64. The first-order valence-electron chi connectivity index (χ1n) is 16.4. The van der Waals surface area contributed by atoms with Crippen LogP contribution in [0.2, 0.25) is 0 Å². The molecule has 0 fully saturated rings. The summed E-state index contributed by atoms with van der Waals surface area (Å²) in [6, 6.07) is 8.67. The molecule has 3 atom stereocenters. The van der Waals surface area contributed by atoms with Crippen molar-refractivity contribution in [1.82, 2.24) is 0 Å². The molecule has 0 amide bonds. The third-order valence-electron chi connectivity index (χ3n) is 7.31. The van der Waals surface area contributed by atoms with E-state index in [1.165, 1.54) is 66.4 Å². The third-order valence-corrected chi connectivity index (χ3v) is 7.31. The molecule has 0 nitrogen and oxygen atoms in total. The van der Waals surface area contributed by atoms with Gasteiger partial charge in [-0.15, -0.1) is 0 Å². The average molecular weight is 551 g/mol. The van der Waals surface area contributed by atoms with Gasteiger partial charge in [0.05, 0.1) is 0 Å². The summed E-state index contributed by atoms with van der Waals surface area (Å²) in [4.78, 5) is 0. The van der Waals surface area contributed by atoms with Gasteiger partial charge in [-0.1, -0.05) is 174 Å². The monoisotopic (exact) mass is 551 g/mol. The van der Waals surface area contributed by atoms with Gasteiger partial charge in [0, 0.05) is 0 Å². The van der Waals surface area contributed by atoms with Crippen LogP contribution < -0.4 is 0 Å². The normalized spacial score (nSPS) is 17.2. The quantitative estimate of drug-likeness (QED) is 0.201. The molecule has 0 aliphatic heterocycles. The first kappa shape index (κ1) is 42.4. The molecule has 0 heteroatoms. The third kappa shape index (κ3) is 22.7. The van der Waals surface area contributed by atoms with Crippen molar-refractivity contribution < 1.29 is 0 Å². The Bertz CT molecular complexity index is 795. The van der Waals surface area contributed by atoms with E-state index in [9.17, 15) is 0 Å². The molecule has 0 spiro atoms. The summed E-state index contributed by atoms with van der Waals surface area (Å²) in [6.45, 7) is 37.4. The number of unbranched alkanes of at least 4 members (excludes halogenated alkanes) is 4. The van der Waals surface area contributed by atoms with Crippen LogP contribution in [-0.4, -0.2) is 0 Å². The van der Waals surface area contributed by atoms with Crippen LogP contribution in [0.15, 0.2) is 79.5 Å². The molecule has 0 N–H and O–H groups in total. The highest BCUT2D eigenvalue weighted by Gasteiger charge is 2.21. The molecule has 230 valence electrons. The van der Waals surface area contributed by atoms with E-state index in [2.05, 4.69) is 131 Å². The minimum atomic E-state index is 0.595. The fourth-order valence-electron chi connectivity index (χ4n) is 3.76.